The molecule has 0 bridgehead atoms. The van der Waals surface area contributed by atoms with E-state index in [0.29, 0.717) is 5.46 Å². The zero-order chi connectivity index (χ0) is 15.5. The van der Waals surface area contributed by atoms with Crippen molar-refractivity contribution < 1.29 is 22.5 Å². The quantitative estimate of drug-likeness (QED) is 0.744. The summed E-state index contributed by atoms with van der Waals surface area (Å²) in [7, 11) is -0.837. The first-order chi connectivity index (χ1) is 8.87. The Balaban J connectivity index is 2.44. The van der Waals surface area contributed by atoms with Crippen LogP contribution in [0.4, 0.5) is 13.2 Å². The van der Waals surface area contributed by atoms with Crippen molar-refractivity contribution in [3.05, 3.63) is 11.4 Å². The van der Waals surface area contributed by atoms with Gasteiger partial charge in [0.25, 0.3) is 0 Å². The molecule has 1 aromatic rings. The van der Waals surface area contributed by atoms with Crippen LogP contribution in [0.2, 0.25) is 0 Å². The summed E-state index contributed by atoms with van der Waals surface area (Å²) < 4.78 is 50.2. The fraction of sp³-hybridized carbons (Fsp3) is 0.750. The van der Waals surface area contributed by atoms with E-state index in [9.17, 15) is 13.2 Å². The zero-order valence-corrected chi connectivity index (χ0v) is 12.4. The second-order valence-electron chi connectivity index (χ2n) is 6.05. The molecule has 1 aliphatic heterocycles. The van der Waals surface area contributed by atoms with Crippen LogP contribution in [0.1, 0.15) is 39.1 Å². The maximum absolute atomic E-state index is 12.9. The molecule has 0 atom stereocenters. The topological polar surface area (TPSA) is 36.3 Å². The van der Waals surface area contributed by atoms with E-state index in [1.54, 1.807) is 0 Å². The largest absolute Gasteiger partial charge is 0.504 e. The average Bonchev–Trinajstić information content (AvgIpc) is 2.61. The molecule has 1 aromatic heterocycles. The van der Waals surface area contributed by atoms with Crippen molar-refractivity contribution in [1.82, 2.24) is 9.78 Å². The van der Waals surface area contributed by atoms with Gasteiger partial charge in [-0.15, -0.1) is 13.2 Å². The molecule has 0 N–H and O–H groups in total. The van der Waals surface area contributed by atoms with Crippen LogP contribution in [0.3, 0.4) is 0 Å². The highest BCUT2D eigenvalue weighted by Crippen LogP contribution is 2.37. The van der Waals surface area contributed by atoms with Gasteiger partial charge in [0.15, 0.2) is 0 Å². The lowest BCUT2D eigenvalue weighted by Gasteiger charge is -2.32. The molecule has 0 unspecified atom stereocenters. The molecule has 0 amide bonds. The van der Waals surface area contributed by atoms with E-state index < -0.39 is 24.6 Å². The van der Waals surface area contributed by atoms with Crippen molar-refractivity contribution >= 4 is 12.6 Å². The summed E-state index contributed by atoms with van der Waals surface area (Å²) >= 11 is 0. The van der Waals surface area contributed by atoms with Crippen molar-refractivity contribution in [3.63, 3.8) is 0 Å². The summed E-state index contributed by atoms with van der Waals surface area (Å²) in [6.45, 7) is 10.3. The first-order valence-electron chi connectivity index (χ1n) is 6.36. The molecule has 0 aliphatic carbocycles. The number of nitrogens with zero attached hydrogens (tertiary/aromatic N) is 2. The van der Waals surface area contributed by atoms with E-state index >= 15 is 0 Å². The highest BCUT2D eigenvalue weighted by molar-refractivity contribution is 6.63. The molecule has 2 rings (SSSR count). The predicted molar refractivity (Wildman–Crippen MR) is 68.7 cm³/mol. The summed E-state index contributed by atoms with van der Waals surface area (Å²) in [5.41, 5.74) is -0.596. The summed E-state index contributed by atoms with van der Waals surface area (Å²) in [4.78, 5) is 0. The van der Waals surface area contributed by atoms with Gasteiger partial charge in [-0.2, -0.15) is 9.78 Å². The van der Waals surface area contributed by atoms with Gasteiger partial charge in [0.05, 0.1) is 16.9 Å². The molecule has 1 fully saturated rings. The first kappa shape index (κ1) is 15.4. The third-order valence-corrected chi connectivity index (χ3v) is 4.08. The number of alkyl halides is 3. The van der Waals surface area contributed by atoms with E-state index in [1.165, 1.54) is 13.8 Å². The minimum atomic E-state index is -4.54. The Hall–Kier alpha value is -1.02. The zero-order valence-electron chi connectivity index (χ0n) is 12.4. The Bertz CT molecular complexity index is 522. The van der Waals surface area contributed by atoms with Gasteiger partial charge in [0.2, 0.25) is 0 Å². The minimum Gasteiger partial charge on any atom is -0.399 e. The molecular weight excluding hydrogens is 272 g/mol. The first-order valence-corrected chi connectivity index (χ1v) is 6.36. The lowest BCUT2D eigenvalue weighted by atomic mass is 9.77. The Morgan fingerprint density at radius 1 is 1.05 bits per heavy atom. The lowest BCUT2D eigenvalue weighted by molar-refractivity contribution is -0.213. The Labute approximate surface area is 116 Å². The van der Waals surface area contributed by atoms with Crippen molar-refractivity contribution in [1.29, 1.82) is 0 Å². The summed E-state index contributed by atoms with van der Waals surface area (Å²) in [5.74, 6) is 0. The maximum atomic E-state index is 12.9. The Morgan fingerprint density at radius 2 is 1.50 bits per heavy atom. The van der Waals surface area contributed by atoms with E-state index in [-0.39, 0.29) is 16.1 Å². The van der Waals surface area contributed by atoms with Gasteiger partial charge in [-0.3, -0.25) is 0 Å². The van der Waals surface area contributed by atoms with Crippen molar-refractivity contribution in [2.24, 2.45) is 0 Å². The van der Waals surface area contributed by atoms with Gasteiger partial charge in [0, 0.05) is 11.2 Å². The molecule has 0 radical (unpaired) electrons. The molecule has 8 heteroatoms. The third kappa shape index (κ3) is 2.24. The van der Waals surface area contributed by atoms with E-state index in [2.05, 4.69) is 5.10 Å². The molecule has 0 saturated carbocycles. The molecule has 1 aliphatic rings. The predicted octanol–water partition coefficient (Wildman–Crippen LogP) is 2.28. The fourth-order valence-electron chi connectivity index (χ4n) is 2.20. The number of hydrogen-bond acceptors (Lipinski definition) is 3. The Kier molecular flexibility index (Phi) is 3.26. The van der Waals surface area contributed by atoms with Gasteiger partial charge in [0.1, 0.15) is 0 Å². The molecule has 0 spiro atoms. The molecule has 112 valence electrons. The van der Waals surface area contributed by atoms with Crippen LogP contribution in [-0.4, -0.2) is 28.1 Å². The van der Waals surface area contributed by atoms with Crippen LogP contribution in [0.25, 0.3) is 0 Å². The average molecular weight is 290 g/mol. The van der Waals surface area contributed by atoms with Crippen LogP contribution < -0.4 is 5.46 Å². The fourth-order valence-corrected chi connectivity index (χ4v) is 2.20. The number of aryl methyl sites for hydroxylation is 1. The molecule has 1 saturated heterocycles. The van der Waals surface area contributed by atoms with Gasteiger partial charge < -0.3 is 9.31 Å². The molecule has 4 nitrogen and oxygen atoms in total. The standard InChI is InChI=1S/C12H18BF3N2O2/c1-7-9(8(2)18(17-7)12(14,15)16)13-19-10(3,4)11(5,6)20-13/h1-6H3. The molecular formula is C12H18BF3N2O2. The molecule has 0 aromatic carbocycles. The maximum Gasteiger partial charge on any atom is 0.504 e. The second kappa shape index (κ2) is 4.24. The Morgan fingerprint density at radius 3 is 1.85 bits per heavy atom. The minimum absolute atomic E-state index is 0.00602. The number of hydrogen-bond donors (Lipinski definition) is 0. The summed E-state index contributed by atoms with van der Waals surface area (Å²) in [6.07, 6.45) is -4.54. The molecule has 20 heavy (non-hydrogen) atoms. The number of halogens is 3. The van der Waals surface area contributed by atoms with E-state index in [4.69, 9.17) is 9.31 Å². The van der Waals surface area contributed by atoms with Crippen LogP contribution in [-0.2, 0) is 15.6 Å². The molecule has 2 heterocycles. The number of aromatic nitrogens is 2. The van der Waals surface area contributed by atoms with Crippen LogP contribution in [0, 0.1) is 13.8 Å². The highest BCUT2D eigenvalue weighted by atomic mass is 19.4. The van der Waals surface area contributed by atoms with E-state index in [1.807, 2.05) is 27.7 Å². The summed E-state index contributed by atoms with van der Waals surface area (Å²) in [6, 6.07) is 0. The van der Waals surface area contributed by atoms with E-state index in [0.717, 1.165) is 0 Å². The van der Waals surface area contributed by atoms with Gasteiger partial charge in [-0.05, 0) is 41.5 Å². The van der Waals surface area contributed by atoms with Gasteiger partial charge in [-0.25, -0.2) is 0 Å². The van der Waals surface area contributed by atoms with Crippen LogP contribution in [0.5, 0.6) is 0 Å². The van der Waals surface area contributed by atoms with Crippen molar-refractivity contribution in [2.45, 2.75) is 59.0 Å². The smallest absolute Gasteiger partial charge is 0.399 e. The second-order valence-corrected chi connectivity index (χ2v) is 6.05. The van der Waals surface area contributed by atoms with Crippen molar-refractivity contribution in [2.75, 3.05) is 0 Å². The number of rotatable bonds is 1. The monoisotopic (exact) mass is 290 g/mol. The van der Waals surface area contributed by atoms with Crippen molar-refractivity contribution in [3.8, 4) is 0 Å². The normalized spacial score (nSPS) is 21.6. The van der Waals surface area contributed by atoms with Gasteiger partial charge >= 0.3 is 13.4 Å². The van der Waals surface area contributed by atoms with Crippen LogP contribution >= 0.6 is 0 Å². The summed E-state index contributed by atoms with van der Waals surface area (Å²) in [5, 5.41) is 3.55. The van der Waals surface area contributed by atoms with Gasteiger partial charge in [-0.1, -0.05) is 0 Å². The highest BCUT2D eigenvalue weighted by Gasteiger charge is 2.53. The SMILES string of the molecule is Cc1nn(C(F)(F)F)c(C)c1B1OC(C)(C)C(C)(C)O1. The lowest BCUT2D eigenvalue weighted by Crippen LogP contribution is -2.41. The third-order valence-electron chi connectivity index (χ3n) is 4.08. The van der Waals surface area contributed by atoms with Crippen LogP contribution in [0.15, 0.2) is 0 Å².